The number of rotatable bonds is 14. The summed E-state index contributed by atoms with van der Waals surface area (Å²) in [5.74, 6) is 1.32. The number of carbonyl (C=O) groups is 1. The number of carbonyl (C=O) groups excluding carboxylic acids is 1. The standard InChI is InChI=1S/C29H37N3O4/c1-22(20-35-26-11-7-4-8-12-26)32(19-24-9-5-3-6-10-24)18-17-28(30)29(34)21-36-27-15-13-25(14-16-27)31-23(2)33/h3-16,22,28-29,34H,17-21,30H2,1-2H3,(H,31,33). The third-order valence-corrected chi connectivity index (χ3v) is 5.93. The molecule has 3 aromatic carbocycles. The number of aliphatic hydroxyl groups excluding tert-OH is 1. The molecule has 0 spiro atoms. The third kappa shape index (κ3) is 9.34. The van der Waals surface area contributed by atoms with Crippen LogP contribution in [-0.4, -0.2) is 53.9 Å². The second-order valence-corrected chi connectivity index (χ2v) is 8.97. The highest BCUT2D eigenvalue weighted by molar-refractivity contribution is 5.88. The molecule has 0 aliphatic carbocycles. The largest absolute Gasteiger partial charge is 0.492 e. The molecule has 192 valence electrons. The van der Waals surface area contributed by atoms with Crippen LogP contribution in [0, 0.1) is 0 Å². The zero-order valence-electron chi connectivity index (χ0n) is 21.0. The normalized spacial score (nSPS) is 13.6. The van der Waals surface area contributed by atoms with Gasteiger partial charge in [0.25, 0.3) is 0 Å². The molecule has 0 aliphatic rings. The van der Waals surface area contributed by atoms with Gasteiger partial charge in [-0.2, -0.15) is 0 Å². The summed E-state index contributed by atoms with van der Waals surface area (Å²) in [6.45, 7) is 5.71. The third-order valence-electron chi connectivity index (χ3n) is 5.93. The van der Waals surface area contributed by atoms with Crippen LogP contribution in [0.15, 0.2) is 84.9 Å². The Balaban J connectivity index is 1.51. The van der Waals surface area contributed by atoms with E-state index in [0.29, 0.717) is 31.0 Å². The highest BCUT2D eigenvalue weighted by Crippen LogP contribution is 2.17. The maximum atomic E-state index is 11.1. The Kier molecular flexibility index (Phi) is 10.8. The molecule has 7 nitrogen and oxygen atoms in total. The van der Waals surface area contributed by atoms with Crippen molar-refractivity contribution >= 4 is 11.6 Å². The van der Waals surface area contributed by atoms with Crippen LogP contribution in [0.2, 0.25) is 0 Å². The lowest BCUT2D eigenvalue weighted by molar-refractivity contribution is -0.114. The van der Waals surface area contributed by atoms with Gasteiger partial charge in [0, 0.05) is 37.8 Å². The summed E-state index contributed by atoms with van der Waals surface area (Å²) in [5.41, 5.74) is 8.23. The minimum Gasteiger partial charge on any atom is -0.492 e. The summed E-state index contributed by atoms with van der Waals surface area (Å²) >= 11 is 0. The first-order valence-corrected chi connectivity index (χ1v) is 12.3. The average molecular weight is 492 g/mol. The summed E-state index contributed by atoms with van der Waals surface area (Å²) in [4.78, 5) is 13.5. The van der Waals surface area contributed by atoms with Gasteiger partial charge in [-0.25, -0.2) is 0 Å². The van der Waals surface area contributed by atoms with Gasteiger partial charge in [-0.1, -0.05) is 48.5 Å². The lowest BCUT2D eigenvalue weighted by atomic mass is 10.1. The van der Waals surface area contributed by atoms with Crippen molar-refractivity contribution in [3.8, 4) is 11.5 Å². The molecule has 3 unspecified atom stereocenters. The molecule has 0 fully saturated rings. The number of anilines is 1. The van der Waals surface area contributed by atoms with Crippen LogP contribution in [0.3, 0.4) is 0 Å². The summed E-state index contributed by atoms with van der Waals surface area (Å²) < 4.78 is 11.7. The van der Waals surface area contributed by atoms with Crippen LogP contribution in [0.1, 0.15) is 25.8 Å². The molecule has 1 amide bonds. The number of hydrogen-bond acceptors (Lipinski definition) is 6. The number of nitrogens with zero attached hydrogens (tertiary/aromatic N) is 1. The second-order valence-electron chi connectivity index (χ2n) is 8.97. The van der Waals surface area contributed by atoms with Crippen LogP contribution in [0.25, 0.3) is 0 Å². The van der Waals surface area contributed by atoms with Gasteiger partial charge in [-0.15, -0.1) is 0 Å². The van der Waals surface area contributed by atoms with E-state index in [2.05, 4.69) is 29.3 Å². The molecule has 36 heavy (non-hydrogen) atoms. The monoisotopic (exact) mass is 491 g/mol. The maximum absolute atomic E-state index is 11.1. The van der Waals surface area contributed by atoms with Gasteiger partial charge >= 0.3 is 0 Å². The van der Waals surface area contributed by atoms with Crippen molar-refractivity contribution in [3.05, 3.63) is 90.5 Å². The number of nitrogens with one attached hydrogen (secondary N) is 1. The lowest BCUT2D eigenvalue weighted by Crippen LogP contribution is -2.44. The smallest absolute Gasteiger partial charge is 0.221 e. The zero-order valence-corrected chi connectivity index (χ0v) is 21.0. The van der Waals surface area contributed by atoms with Gasteiger partial charge in [-0.05, 0) is 55.3 Å². The maximum Gasteiger partial charge on any atom is 0.221 e. The molecule has 0 saturated heterocycles. The molecule has 0 heterocycles. The Hall–Kier alpha value is -3.39. The summed E-state index contributed by atoms with van der Waals surface area (Å²) in [7, 11) is 0. The van der Waals surface area contributed by atoms with Crippen molar-refractivity contribution in [1.82, 2.24) is 4.90 Å². The minimum atomic E-state index is -0.811. The molecule has 0 aromatic heterocycles. The number of nitrogens with two attached hydrogens (primary N) is 1. The summed E-state index contributed by atoms with van der Waals surface area (Å²) in [6, 6.07) is 26.8. The molecular formula is C29H37N3O4. The van der Waals surface area contributed by atoms with Crippen molar-refractivity contribution in [2.75, 3.05) is 25.1 Å². The molecule has 4 N–H and O–H groups in total. The van der Waals surface area contributed by atoms with Crippen molar-refractivity contribution in [2.45, 2.75) is 45.0 Å². The fourth-order valence-corrected chi connectivity index (χ4v) is 3.76. The second kappa shape index (κ2) is 14.2. The van der Waals surface area contributed by atoms with E-state index in [1.165, 1.54) is 12.5 Å². The molecule has 3 aromatic rings. The van der Waals surface area contributed by atoms with Crippen LogP contribution in [0.4, 0.5) is 5.69 Å². The number of hydrogen-bond donors (Lipinski definition) is 3. The highest BCUT2D eigenvalue weighted by atomic mass is 16.5. The number of amides is 1. The van der Waals surface area contributed by atoms with Gasteiger partial charge in [0.15, 0.2) is 0 Å². The van der Waals surface area contributed by atoms with Crippen molar-refractivity contribution in [3.63, 3.8) is 0 Å². The van der Waals surface area contributed by atoms with E-state index in [4.69, 9.17) is 15.2 Å². The molecule has 0 saturated carbocycles. The van der Waals surface area contributed by atoms with Crippen molar-refractivity contribution in [2.24, 2.45) is 5.73 Å². The molecular weight excluding hydrogens is 454 g/mol. The number of para-hydroxylation sites is 1. The van der Waals surface area contributed by atoms with Gasteiger partial charge < -0.3 is 25.6 Å². The summed E-state index contributed by atoms with van der Waals surface area (Å²) in [6.07, 6.45) is -0.205. The first kappa shape index (κ1) is 27.2. The average Bonchev–Trinajstić information content (AvgIpc) is 2.89. The van der Waals surface area contributed by atoms with E-state index in [0.717, 1.165) is 12.3 Å². The van der Waals surface area contributed by atoms with Crippen LogP contribution in [-0.2, 0) is 11.3 Å². The predicted octanol–water partition coefficient (Wildman–Crippen LogP) is 4.07. The summed E-state index contributed by atoms with van der Waals surface area (Å²) in [5, 5.41) is 13.3. The fourth-order valence-electron chi connectivity index (χ4n) is 3.76. The van der Waals surface area contributed by atoms with Gasteiger partial charge in [0.05, 0.1) is 0 Å². The van der Waals surface area contributed by atoms with E-state index in [-0.39, 0.29) is 18.6 Å². The van der Waals surface area contributed by atoms with E-state index in [1.807, 2.05) is 48.5 Å². The van der Waals surface area contributed by atoms with Gasteiger partial charge in [0.1, 0.15) is 30.8 Å². The Morgan fingerprint density at radius 1 is 0.917 bits per heavy atom. The van der Waals surface area contributed by atoms with Crippen LogP contribution < -0.4 is 20.5 Å². The van der Waals surface area contributed by atoms with Gasteiger partial charge in [-0.3, -0.25) is 9.69 Å². The van der Waals surface area contributed by atoms with Crippen molar-refractivity contribution < 1.29 is 19.4 Å². The lowest BCUT2D eigenvalue weighted by Gasteiger charge is -2.31. The first-order valence-electron chi connectivity index (χ1n) is 12.3. The number of ether oxygens (including phenoxy) is 2. The van der Waals surface area contributed by atoms with Crippen LogP contribution >= 0.6 is 0 Å². The Morgan fingerprint density at radius 3 is 2.14 bits per heavy atom. The first-order chi connectivity index (χ1) is 17.4. The molecule has 0 radical (unpaired) electrons. The highest BCUT2D eigenvalue weighted by Gasteiger charge is 2.20. The Bertz CT molecular complexity index is 1030. The fraction of sp³-hybridized carbons (Fsp3) is 0.345. The van der Waals surface area contributed by atoms with E-state index < -0.39 is 12.1 Å². The quantitative estimate of drug-likeness (QED) is 0.315. The molecule has 0 aliphatic heterocycles. The Morgan fingerprint density at radius 2 is 1.50 bits per heavy atom. The molecule has 7 heteroatoms. The van der Waals surface area contributed by atoms with Crippen molar-refractivity contribution in [1.29, 1.82) is 0 Å². The molecule has 3 rings (SSSR count). The van der Waals surface area contributed by atoms with Gasteiger partial charge in [0.2, 0.25) is 5.91 Å². The van der Waals surface area contributed by atoms with Crippen LogP contribution in [0.5, 0.6) is 11.5 Å². The molecule has 3 atom stereocenters. The minimum absolute atomic E-state index is 0.0893. The molecule has 0 bridgehead atoms. The van der Waals surface area contributed by atoms with E-state index in [9.17, 15) is 9.90 Å². The Labute approximate surface area is 213 Å². The van der Waals surface area contributed by atoms with E-state index >= 15 is 0 Å². The number of aliphatic hydroxyl groups is 1. The van der Waals surface area contributed by atoms with E-state index in [1.54, 1.807) is 24.3 Å². The zero-order chi connectivity index (χ0) is 25.8. The SMILES string of the molecule is CC(=O)Nc1ccc(OCC(O)C(N)CCN(Cc2ccccc2)C(C)COc2ccccc2)cc1. The number of benzene rings is 3. The topological polar surface area (TPSA) is 97.0 Å². The predicted molar refractivity (Wildman–Crippen MR) is 143 cm³/mol.